The topological polar surface area (TPSA) is 92.4 Å². The van der Waals surface area contributed by atoms with Crippen LogP contribution in [-0.4, -0.2) is 63.9 Å². The summed E-state index contributed by atoms with van der Waals surface area (Å²) in [6.07, 6.45) is -4.53. The van der Waals surface area contributed by atoms with E-state index in [1.54, 1.807) is 31.2 Å². The van der Waals surface area contributed by atoms with Crippen molar-refractivity contribution in [2.75, 3.05) is 25.9 Å². The SMILES string of the molecule is Cc1nc(-c2cccc(C(=O)N3CCN(C)C(=O)C3CCC(F)(F)F)c2)cnc1N. The minimum atomic E-state index is -4.41. The number of piperazine rings is 1. The van der Waals surface area contributed by atoms with Gasteiger partial charge in [0, 0.05) is 37.7 Å². The van der Waals surface area contributed by atoms with E-state index in [0.717, 1.165) is 0 Å². The first kappa shape index (κ1) is 21.5. The molecule has 1 unspecified atom stereocenters. The Labute approximate surface area is 171 Å². The number of hydrogen-bond donors (Lipinski definition) is 1. The lowest BCUT2D eigenvalue weighted by Gasteiger charge is -2.39. The second-order valence-corrected chi connectivity index (χ2v) is 7.23. The monoisotopic (exact) mass is 421 g/mol. The van der Waals surface area contributed by atoms with Crippen molar-refractivity contribution in [3.63, 3.8) is 0 Å². The number of amides is 2. The highest BCUT2D eigenvalue weighted by Gasteiger charge is 2.39. The van der Waals surface area contributed by atoms with Crippen molar-refractivity contribution in [2.24, 2.45) is 0 Å². The molecule has 1 aromatic heterocycles. The van der Waals surface area contributed by atoms with Crippen molar-refractivity contribution in [2.45, 2.75) is 32.0 Å². The number of alkyl halides is 3. The maximum atomic E-state index is 13.1. The fraction of sp³-hybridized carbons (Fsp3) is 0.400. The number of aromatic nitrogens is 2. The second-order valence-electron chi connectivity index (χ2n) is 7.23. The third-order valence-corrected chi connectivity index (χ3v) is 5.07. The predicted molar refractivity (Wildman–Crippen MR) is 104 cm³/mol. The van der Waals surface area contributed by atoms with E-state index < -0.39 is 36.9 Å². The van der Waals surface area contributed by atoms with Gasteiger partial charge in [-0.1, -0.05) is 12.1 Å². The number of halogens is 3. The molecule has 2 aromatic rings. The van der Waals surface area contributed by atoms with Gasteiger partial charge >= 0.3 is 6.18 Å². The van der Waals surface area contributed by atoms with Gasteiger partial charge in [-0.2, -0.15) is 13.2 Å². The van der Waals surface area contributed by atoms with Crippen LogP contribution in [0, 0.1) is 6.92 Å². The van der Waals surface area contributed by atoms with Crippen LogP contribution in [0.5, 0.6) is 0 Å². The zero-order valence-corrected chi connectivity index (χ0v) is 16.6. The third-order valence-electron chi connectivity index (χ3n) is 5.07. The van der Waals surface area contributed by atoms with Crippen molar-refractivity contribution < 1.29 is 22.8 Å². The fourth-order valence-electron chi connectivity index (χ4n) is 3.34. The first-order valence-electron chi connectivity index (χ1n) is 9.39. The summed E-state index contributed by atoms with van der Waals surface area (Å²) < 4.78 is 38.2. The van der Waals surface area contributed by atoms with Gasteiger partial charge in [-0.15, -0.1) is 0 Å². The molecule has 160 valence electrons. The first-order chi connectivity index (χ1) is 14.1. The van der Waals surface area contributed by atoms with Crippen molar-refractivity contribution in [3.8, 4) is 11.3 Å². The Kier molecular flexibility index (Phi) is 5.95. The minimum absolute atomic E-state index is 0.161. The maximum Gasteiger partial charge on any atom is 0.389 e. The van der Waals surface area contributed by atoms with E-state index in [-0.39, 0.29) is 18.7 Å². The highest BCUT2D eigenvalue weighted by atomic mass is 19.4. The van der Waals surface area contributed by atoms with Gasteiger partial charge < -0.3 is 15.5 Å². The van der Waals surface area contributed by atoms with Gasteiger partial charge in [0.05, 0.1) is 17.6 Å². The quantitative estimate of drug-likeness (QED) is 0.820. The second kappa shape index (κ2) is 8.29. The molecule has 3 rings (SSSR count). The van der Waals surface area contributed by atoms with Gasteiger partial charge in [-0.25, -0.2) is 9.97 Å². The molecule has 0 spiro atoms. The van der Waals surface area contributed by atoms with Gasteiger partial charge in [0.25, 0.3) is 5.91 Å². The summed E-state index contributed by atoms with van der Waals surface area (Å²) in [5.74, 6) is -0.685. The Bertz CT molecular complexity index is 964. The van der Waals surface area contributed by atoms with Crippen LogP contribution >= 0.6 is 0 Å². The number of hydrogen-bond acceptors (Lipinski definition) is 5. The highest BCUT2D eigenvalue weighted by Crippen LogP contribution is 2.27. The van der Waals surface area contributed by atoms with E-state index >= 15 is 0 Å². The van der Waals surface area contributed by atoms with Crippen LogP contribution < -0.4 is 5.73 Å². The molecule has 1 fully saturated rings. The first-order valence-corrected chi connectivity index (χ1v) is 9.39. The number of carbonyl (C=O) groups excluding carboxylic acids is 2. The molecule has 0 saturated carbocycles. The Hall–Kier alpha value is -3.17. The molecule has 30 heavy (non-hydrogen) atoms. The van der Waals surface area contributed by atoms with E-state index in [0.29, 0.717) is 22.8 Å². The number of nitrogens with two attached hydrogens (primary N) is 1. The van der Waals surface area contributed by atoms with Crippen LogP contribution in [0.2, 0.25) is 0 Å². The third kappa shape index (κ3) is 4.69. The summed E-state index contributed by atoms with van der Waals surface area (Å²) in [4.78, 5) is 36.6. The average molecular weight is 421 g/mol. The van der Waals surface area contributed by atoms with Crippen molar-refractivity contribution in [3.05, 3.63) is 41.7 Å². The summed E-state index contributed by atoms with van der Waals surface area (Å²) >= 11 is 0. The smallest absolute Gasteiger partial charge is 0.382 e. The number of aryl methyl sites for hydroxylation is 1. The number of carbonyl (C=O) groups is 2. The van der Waals surface area contributed by atoms with Gasteiger partial charge in [-0.05, 0) is 25.5 Å². The molecule has 0 radical (unpaired) electrons. The number of nitrogen functional groups attached to an aromatic ring is 1. The van der Waals surface area contributed by atoms with Crippen LogP contribution in [0.25, 0.3) is 11.3 Å². The van der Waals surface area contributed by atoms with E-state index in [2.05, 4.69) is 9.97 Å². The van der Waals surface area contributed by atoms with Crippen LogP contribution in [-0.2, 0) is 4.79 Å². The Morgan fingerprint density at radius 2 is 2.03 bits per heavy atom. The molecule has 2 heterocycles. The van der Waals surface area contributed by atoms with Crippen LogP contribution in [0.4, 0.5) is 19.0 Å². The molecule has 1 aromatic carbocycles. The highest BCUT2D eigenvalue weighted by molar-refractivity contribution is 5.99. The lowest BCUT2D eigenvalue weighted by atomic mass is 10.0. The van der Waals surface area contributed by atoms with E-state index in [1.807, 2.05) is 0 Å². The molecule has 0 bridgehead atoms. The van der Waals surface area contributed by atoms with Crippen molar-refractivity contribution in [1.29, 1.82) is 0 Å². The molecule has 2 N–H and O–H groups in total. The number of likely N-dealkylation sites (N-methyl/N-ethyl adjacent to an activating group) is 1. The molecule has 0 aliphatic carbocycles. The zero-order valence-electron chi connectivity index (χ0n) is 16.6. The number of rotatable bonds is 4. The molecular weight excluding hydrogens is 399 g/mol. The molecule has 7 nitrogen and oxygen atoms in total. The summed E-state index contributed by atoms with van der Waals surface area (Å²) in [5, 5.41) is 0. The Morgan fingerprint density at radius 3 is 2.70 bits per heavy atom. The number of benzene rings is 1. The zero-order chi connectivity index (χ0) is 22.1. The average Bonchev–Trinajstić information content (AvgIpc) is 2.70. The fourth-order valence-corrected chi connectivity index (χ4v) is 3.34. The van der Waals surface area contributed by atoms with Gasteiger partial charge in [0.1, 0.15) is 11.9 Å². The van der Waals surface area contributed by atoms with Gasteiger partial charge in [0.15, 0.2) is 0 Å². The summed E-state index contributed by atoms with van der Waals surface area (Å²) in [7, 11) is 1.52. The lowest BCUT2D eigenvalue weighted by Crippen LogP contribution is -2.57. The Morgan fingerprint density at radius 1 is 1.30 bits per heavy atom. The van der Waals surface area contributed by atoms with E-state index in [1.165, 1.54) is 23.0 Å². The summed E-state index contributed by atoms with van der Waals surface area (Å²) in [5.41, 5.74) is 7.62. The van der Waals surface area contributed by atoms with Crippen LogP contribution in [0.3, 0.4) is 0 Å². The molecule has 1 aliphatic rings. The standard InChI is InChI=1S/C20H22F3N5O2/c1-12-17(24)25-11-15(26-12)13-4-3-5-14(10-13)18(29)28-9-8-27(2)19(30)16(28)6-7-20(21,22)23/h3-5,10-11,16H,6-9H2,1-2H3,(H2,24,25). The summed E-state index contributed by atoms with van der Waals surface area (Å²) in [6.45, 7) is 2.13. The lowest BCUT2D eigenvalue weighted by molar-refractivity contribution is -0.148. The van der Waals surface area contributed by atoms with Gasteiger partial charge in [0.2, 0.25) is 5.91 Å². The van der Waals surface area contributed by atoms with Crippen LogP contribution in [0.1, 0.15) is 28.9 Å². The van der Waals surface area contributed by atoms with Crippen molar-refractivity contribution >= 4 is 17.6 Å². The molecule has 1 aliphatic heterocycles. The van der Waals surface area contributed by atoms with Gasteiger partial charge in [-0.3, -0.25) is 9.59 Å². The number of anilines is 1. The Balaban J connectivity index is 1.88. The van der Waals surface area contributed by atoms with E-state index in [9.17, 15) is 22.8 Å². The van der Waals surface area contributed by atoms with E-state index in [4.69, 9.17) is 5.73 Å². The van der Waals surface area contributed by atoms with Crippen molar-refractivity contribution in [1.82, 2.24) is 19.8 Å². The molecule has 1 saturated heterocycles. The summed E-state index contributed by atoms with van der Waals surface area (Å²) in [6, 6.07) is 5.39. The largest absolute Gasteiger partial charge is 0.389 e. The van der Waals surface area contributed by atoms with Crippen LogP contribution in [0.15, 0.2) is 30.5 Å². The predicted octanol–water partition coefficient (Wildman–Crippen LogP) is 2.66. The minimum Gasteiger partial charge on any atom is -0.382 e. The molecule has 2 amide bonds. The molecule has 10 heteroatoms. The normalized spacial score (nSPS) is 17.4. The molecular formula is C20H22F3N5O2. The number of nitrogens with zero attached hydrogens (tertiary/aromatic N) is 4. The molecule has 1 atom stereocenters. The maximum absolute atomic E-state index is 13.1.